The van der Waals surface area contributed by atoms with Crippen molar-refractivity contribution in [3.63, 3.8) is 0 Å². The zero-order valence-electron chi connectivity index (χ0n) is 12.3. The molecule has 1 N–H and O–H groups in total. The first-order valence-electron chi connectivity index (χ1n) is 7.10. The van der Waals surface area contributed by atoms with Gasteiger partial charge in [0.05, 0.1) is 0 Å². The predicted octanol–water partition coefficient (Wildman–Crippen LogP) is 1.86. The van der Waals surface area contributed by atoms with E-state index in [1.165, 1.54) is 5.57 Å². The maximum Gasteiger partial charge on any atom is 0.248 e. The minimum atomic E-state index is -0.697. The number of amides is 2. The lowest BCUT2D eigenvalue weighted by atomic mass is 9.94. The van der Waals surface area contributed by atoms with Crippen LogP contribution in [-0.4, -0.2) is 34.8 Å². The lowest BCUT2D eigenvalue weighted by Crippen LogP contribution is -2.57. The molecule has 19 heavy (non-hydrogen) atoms. The molecule has 2 amide bonds. The number of carbonyl (C=O) groups is 2. The summed E-state index contributed by atoms with van der Waals surface area (Å²) >= 11 is 0. The molecule has 2 atom stereocenters. The fraction of sp³-hybridized carbons (Fsp3) is 0.733. The van der Waals surface area contributed by atoms with Gasteiger partial charge in [-0.1, -0.05) is 11.6 Å². The van der Waals surface area contributed by atoms with Crippen LogP contribution in [0.25, 0.3) is 0 Å². The highest BCUT2D eigenvalue weighted by molar-refractivity contribution is 5.94. The van der Waals surface area contributed by atoms with Crippen LogP contribution in [0.1, 0.15) is 47.0 Å². The van der Waals surface area contributed by atoms with Crippen molar-refractivity contribution in [3.05, 3.63) is 11.6 Å². The van der Waals surface area contributed by atoms with Gasteiger partial charge < -0.3 is 10.2 Å². The number of carbonyl (C=O) groups excluding carboxylic acids is 2. The van der Waals surface area contributed by atoms with E-state index in [0.29, 0.717) is 18.9 Å². The summed E-state index contributed by atoms with van der Waals surface area (Å²) < 4.78 is 0. The monoisotopic (exact) mass is 264 g/mol. The zero-order chi connectivity index (χ0) is 14.2. The van der Waals surface area contributed by atoms with Crippen LogP contribution in [0, 0.1) is 5.92 Å². The van der Waals surface area contributed by atoms with Crippen molar-refractivity contribution in [1.29, 1.82) is 0 Å². The third-order valence-corrected chi connectivity index (χ3v) is 4.21. The number of nitrogens with one attached hydrogen (secondary N) is 1. The molecule has 1 aliphatic heterocycles. The molecule has 0 spiro atoms. The molecule has 2 rings (SSSR count). The molecule has 0 aromatic carbocycles. The maximum absolute atomic E-state index is 12.8. The molecule has 1 heterocycles. The summed E-state index contributed by atoms with van der Waals surface area (Å²) in [7, 11) is 0. The van der Waals surface area contributed by atoms with Crippen molar-refractivity contribution in [2.75, 3.05) is 6.54 Å². The second-order valence-electron chi connectivity index (χ2n) is 6.32. The van der Waals surface area contributed by atoms with E-state index in [9.17, 15) is 9.59 Å². The van der Waals surface area contributed by atoms with E-state index in [2.05, 4.69) is 11.4 Å². The number of allylic oxidation sites excluding steroid dienone is 1. The largest absolute Gasteiger partial charge is 0.342 e. The summed E-state index contributed by atoms with van der Waals surface area (Å²) in [6.45, 7) is 8.49. The highest BCUT2D eigenvalue weighted by Crippen LogP contribution is 2.41. The molecule has 2 fully saturated rings. The Bertz CT molecular complexity index is 422. The van der Waals surface area contributed by atoms with Gasteiger partial charge in [0.25, 0.3) is 0 Å². The van der Waals surface area contributed by atoms with Gasteiger partial charge in [-0.05, 0) is 46.5 Å². The van der Waals surface area contributed by atoms with Crippen molar-refractivity contribution in [3.8, 4) is 0 Å². The van der Waals surface area contributed by atoms with Crippen LogP contribution in [-0.2, 0) is 9.59 Å². The van der Waals surface area contributed by atoms with Gasteiger partial charge >= 0.3 is 0 Å². The first-order valence-corrected chi connectivity index (χ1v) is 7.10. The van der Waals surface area contributed by atoms with E-state index < -0.39 is 5.54 Å². The fourth-order valence-corrected chi connectivity index (χ4v) is 2.75. The lowest BCUT2D eigenvalue weighted by Gasteiger charge is -2.34. The molecular weight excluding hydrogens is 240 g/mol. The Labute approximate surface area is 115 Å². The average Bonchev–Trinajstić information content (AvgIpc) is 3.10. The van der Waals surface area contributed by atoms with E-state index in [0.717, 1.165) is 12.8 Å². The Hall–Kier alpha value is -1.32. The van der Waals surface area contributed by atoms with Gasteiger partial charge in [0.15, 0.2) is 0 Å². The van der Waals surface area contributed by atoms with Gasteiger partial charge in [0, 0.05) is 19.0 Å². The number of hydrogen-bond acceptors (Lipinski definition) is 2. The minimum Gasteiger partial charge on any atom is -0.342 e. The van der Waals surface area contributed by atoms with Crippen LogP contribution >= 0.6 is 0 Å². The molecule has 2 aliphatic rings. The molecular formula is C15H24N2O2. The van der Waals surface area contributed by atoms with Gasteiger partial charge in [-0.3, -0.25) is 9.59 Å². The Morgan fingerprint density at radius 2 is 2.05 bits per heavy atom. The SMILES string of the molecule is CC(C)=CCN1C(=O)C(C)(C2CC2)NC(=O)CC1C. The average molecular weight is 264 g/mol. The molecule has 0 aromatic rings. The Morgan fingerprint density at radius 1 is 1.42 bits per heavy atom. The number of rotatable bonds is 3. The van der Waals surface area contributed by atoms with Crippen LogP contribution in [0.3, 0.4) is 0 Å². The van der Waals surface area contributed by atoms with Crippen LogP contribution < -0.4 is 5.32 Å². The molecule has 0 radical (unpaired) electrons. The smallest absolute Gasteiger partial charge is 0.248 e. The van der Waals surface area contributed by atoms with E-state index in [-0.39, 0.29) is 17.9 Å². The topological polar surface area (TPSA) is 49.4 Å². The molecule has 0 bridgehead atoms. The molecule has 4 heteroatoms. The Kier molecular flexibility index (Phi) is 3.70. The molecule has 1 aliphatic carbocycles. The third-order valence-electron chi connectivity index (χ3n) is 4.21. The number of hydrogen-bond donors (Lipinski definition) is 1. The summed E-state index contributed by atoms with van der Waals surface area (Å²) in [5.74, 6) is 0.379. The van der Waals surface area contributed by atoms with Crippen LogP contribution in [0.5, 0.6) is 0 Å². The summed E-state index contributed by atoms with van der Waals surface area (Å²) in [4.78, 5) is 26.6. The second-order valence-corrected chi connectivity index (χ2v) is 6.32. The fourth-order valence-electron chi connectivity index (χ4n) is 2.75. The maximum atomic E-state index is 12.8. The van der Waals surface area contributed by atoms with E-state index in [1.807, 2.05) is 32.6 Å². The molecule has 4 nitrogen and oxygen atoms in total. The van der Waals surface area contributed by atoms with Gasteiger partial charge in [0.1, 0.15) is 5.54 Å². The predicted molar refractivity (Wildman–Crippen MR) is 74.5 cm³/mol. The van der Waals surface area contributed by atoms with Crippen LogP contribution in [0.4, 0.5) is 0 Å². The highest BCUT2D eigenvalue weighted by atomic mass is 16.2. The van der Waals surface area contributed by atoms with E-state index in [1.54, 1.807) is 0 Å². The standard InChI is InChI=1S/C15H24N2O2/c1-10(2)7-8-17-11(3)9-13(18)16-15(4,14(17)19)12-5-6-12/h7,11-12H,5-6,8-9H2,1-4H3,(H,16,18). The van der Waals surface area contributed by atoms with E-state index >= 15 is 0 Å². The molecule has 1 saturated heterocycles. The summed E-state index contributed by atoms with van der Waals surface area (Å²) in [6, 6.07) is -0.0383. The zero-order valence-corrected chi connectivity index (χ0v) is 12.3. The van der Waals surface area contributed by atoms with Crippen LogP contribution in [0.2, 0.25) is 0 Å². The highest BCUT2D eigenvalue weighted by Gasteiger charge is 2.51. The van der Waals surface area contributed by atoms with Crippen molar-refractivity contribution >= 4 is 11.8 Å². The van der Waals surface area contributed by atoms with Crippen molar-refractivity contribution in [2.45, 2.75) is 58.5 Å². The first-order chi connectivity index (χ1) is 8.84. The lowest BCUT2D eigenvalue weighted by molar-refractivity contribution is -0.139. The Balaban J connectivity index is 2.26. The molecule has 106 valence electrons. The normalized spacial score (nSPS) is 31.8. The van der Waals surface area contributed by atoms with Crippen molar-refractivity contribution < 1.29 is 9.59 Å². The number of nitrogens with zero attached hydrogens (tertiary/aromatic N) is 1. The van der Waals surface area contributed by atoms with Gasteiger partial charge in [0.2, 0.25) is 11.8 Å². The molecule has 1 saturated carbocycles. The quantitative estimate of drug-likeness (QED) is 0.791. The summed E-state index contributed by atoms with van der Waals surface area (Å²) in [6.07, 6.45) is 4.52. The summed E-state index contributed by atoms with van der Waals surface area (Å²) in [5, 5.41) is 2.96. The van der Waals surface area contributed by atoms with Gasteiger partial charge in [-0.2, -0.15) is 0 Å². The molecule has 0 aromatic heterocycles. The van der Waals surface area contributed by atoms with Crippen LogP contribution in [0.15, 0.2) is 11.6 Å². The van der Waals surface area contributed by atoms with Crippen molar-refractivity contribution in [1.82, 2.24) is 10.2 Å². The minimum absolute atomic E-state index is 0.00468. The van der Waals surface area contributed by atoms with Crippen molar-refractivity contribution in [2.24, 2.45) is 5.92 Å². The third kappa shape index (κ3) is 2.82. The van der Waals surface area contributed by atoms with E-state index in [4.69, 9.17) is 0 Å². The molecule has 2 unspecified atom stereocenters. The van der Waals surface area contributed by atoms with Gasteiger partial charge in [-0.15, -0.1) is 0 Å². The summed E-state index contributed by atoms with van der Waals surface area (Å²) in [5.41, 5.74) is 0.494. The van der Waals surface area contributed by atoms with Gasteiger partial charge in [-0.25, -0.2) is 0 Å². The first kappa shape index (κ1) is 14.1. The Morgan fingerprint density at radius 3 is 2.58 bits per heavy atom. The second kappa shape index (κ2) is 4.99.